The van der Waals surface area contributed by atoms with E-state index < -0.39 is 0 Å². The molecule has 0 unspecified atom stereocenters. The molecule has 0 bridgehead atoms. The fourth-order valence-electron chi connectivity index (χ4n) is 3.00. The minimum absolute atomic E-state index is 0.528. The molecule has 0 saturated carbocycles. The molecular weight excluding hydrogens is 350 g/mol. The van der Waals surface area contributed by atoms with Gasteiger partial charge < -0.3 is 15.0 Å². The summed E-state index contributed by atoms with van der Waals surface area (Å²) in [6.07, 6.45) is 2.12. The molecule has 1 fully saturated rings. The number of ether oxygens (including phenoxy) is 1. The number of morpholine rings is 1. The zero-order valence-corrected chi connectivity index (χ0v) is 15.3. The van der Waals surface area contributed by atoms with Crippen molar-refractivity contribution in [1.82, 2.24) is 20.4 Å². The number of fused-ring (bicyclic) bond motifs is 3. The normalized spacial score (nSPS) is 14.7. The number of rotatable bonds is 5. The van der Waals surface area contributed by atoms with Gasteiger partial charge in [-0.25, -0.2) is 4.98 Å². The summed E-state index contributed by atoms with van der Waals surface area (Å²) in [6.45, 7) is 5.85. The second-order valence-electron chi connectivity index (χ2n) is 6.12. The predicted molar refractivity (Wildman–Crippen MR) is 102 cm³/mol. The van der Waals surface area contributed by atoms with E-state index in [1.807, 2.05) is 6.07 Å². The Morgan fingerprint density at radius 1 is 1.35 bits per heavy atom. The summed E-state index contributed by atoms with van der Waals surface area (Å²) in [6, 6.07) is 4.09. The summed E-state index contributed by atoms with van der Waals surface area (Å²) < 4.78 is 6.38. The number of nitriles is 1. The first-order valence-electron chi connectivity index (χ1n) is 8.75. The first-order valence-corrected chi connectivity index (χ1v) is 9.56. The third-order valence-electron chi connectivity index (χ3n) is 4.40. The lowest BCUT2D eigenvalue weighted by Crippen LogP contribution is -2.37. The molecule has 134 valence electrons. The van der Waals surface area contributed by atoms with Crippen LogP contribution in [0.3, 0.4) is 0 Å². The maximum atomic E-state index is 9.51. The summed E-state index contributed by atoms with van der Waals surface area (Å²) in [5.74, 6) is 1.45. The third-order valence-corrected chi connectivity index (χ3v) is 5.48. The van der Waals surface area contributed by atoms with E-state index in [-0.39, 0.29) is 0 Å². The smallest absolute Gasteiger partial charge is 0.172 e. The Kier molecular flexibility index (Phi) is 4.77. The molecule has 1 aliphatic heterocycles. The third kappa shape index (κ3) is 3.02. The highest BCUT2D eigenvalue weighted by atomic mass is 32.1. The van der Waals surface area contributed by atoms with Crippen molar-refractivity contribution in [3.63, 3.8) is 0 Å². The molecule has 4 rings (SSSR count). The van der Waals surface area contributed by atoms with Crippen LogP contribution in [0.1, 0.15) is 25.3 Å². The van der Waals surface area contributed by atoms with E-state index in [1.165, 1.54) is 0 Å². The molecular formula is C17H19N7OS. The van der Waals surface area contributed by atoms with Crippen LogP contribution in [0.2, 0.25) is 0 Å². The van der Waals surface area contributed by atoms with E-state index in [1.54, 1.807) is 11.3 Å². The minimum atomic E-state index is 0.528. The molecule has 3 aromatic heterocycles. The molecule has 1 saturated heterocycles. The van der Waals surface area contributed by atoms with Gasteiger partial charge in [-0.15, -0.1) is 21.5 Å². The van der Waals surface area contributed by atoms with E-state index in [0.29, 0.717) is 24.6 Å². The van der Waals surface area contributed by atoms with Crippen molar-refractivity contribution < 1.29 is 4.74 Å². The first-order chi connectivity index (χ1) is 12.8. The van der Waals surface area contributed by atoms with Gasteiger partial charge in [0, 0.05) is 25.0 Å². The van der Waals surface area contributed by atoms with Gasteiger partial charge in [0.05, 0.1) is 18.8 Å². The molecule has 0 amide bonds. The molecule has 9 heteroatoms. The number of nitrogens with one attached hydrogen (secondary N) is 1. The average molecular weight is 369 g/mol. The van der Waals surface area contributed by atoms with E-state index in [2.05, 4.69) is 43.6 Å². The molecule has 0 aromatic carbocycles. The van der Waals surface area contributed by atoms with Crippen molar-refractivity contribution in [3.05, 3.63) is 11.6 Å². The zero-order valence-electron chi connectivity index (χ0n) is 14.5. The summed E-state index contributed by atoms with van der Waals surface area (Å²) in [5.41, 5.74) is 1.28. The molecule has 0 radical (unpaired) electrons. The zero-order chi connectivity index (χ0) is 17.9. The van der Waals surface area contributed by atoms with E-state index in [0.717, 1.165) is 58.7 Å². The molecule has 8 nitrogen and oxygen atoms in total. The second kappa shape index (κ2) is 7.35. The number of thiophene rings is 1. The summed E-state index contributed by atoms with van der Waals surface area (Å²) in [4.78, 5) is 7.70. The van der Waals surface area contributed by atoms with Gasteiger partial charge in [0.2, 0.25) is 0 Å². The monoisotopic (exact) mass is 369 g/mol. The van der Waals surface area contributed by atoms with E-state index in [4.69, 9.17) is 4.74 Å². The van der Waals surface area contributed by atoms with Crippen LogP contribution in [0, 0.1) is 11.3 Å². The highest BCUT2D eigenvalue weighted by Crippen LogP contribution is 2.37. The fraction of sp³-hybridized carbons (Fsp3) is 0.471. The number of aromatic nitrogens is 4. The number of hydrogen-bond acceptors (Lipinski definition) is 9. The lowest BCUT2D eigenvalue weighted by atomic mass is 10.2. The molecule has 26 heavy (non-hydrogen) atoms. The fourth-order valence-corrected chi connectivity index (χ4v) is 4.11. The quantitative estimate of drug-likeness (QED) is 0.685. The average Bonchev–Trinajstić information content (AvgIpc) is 3.05. The van der Waals surface area contributed by atoms with Gasteiger partial charge in [0.1, 0.15) is 26.9 Å². The first kappa shape index (κ1) is 16.9. The summed E-state index contributed by atoms with van der Waals surface area (Å²) in [5, 5.41) is 26.1. The minimum Gasteiger partial charge on any atom is -0.378 e. The van der Waals surface area contributed by atoms with Gasteiger partial charge in [-0.1, -0.05) is 13.3 Å². The molecule has 1 N–H and O–H groups in total. The SMILES string of the molecule is CCCCNc1nc2sc3c(N4CCOCC4)nnnc3c2cc1C#N. The molecule has 3 aromatic rings. The highest BCUT2D eigenvalue weighted by Gasteiger charge is 2.21. The van der Waals surface area contributed by atoms with Crippen molar-refractivity contribution in [2.24, 2.45) is 0 Å². The van der Waals surface area contributed by atoms with Crippen LogP contribution in [0.5, 0.6) is 0 Å². The summed E-state index contributed by atoms with van der Waals surface area (Å²) in [7, 11) is 0. The van der Waals surface area contributed by atoms with Gasteiger partial charge in [-0.2, -0.15) is 5.26 Å². The van der Waals surface area contributed by atoms with Crippen LogP contribution in [0.15, 0.2) is 6.07 Å². The van der Waals surface area contributed by atoms with Crippen LogP contribution in [0.25, 0.3) is 20.4 Å². The number of nitrogens with zero attached hydrogens (tertiary/aromatic N) is 6. The molecule has 4 heterocycles. The van der Waals surface area contributed by atoms with Crippen molar-refractivity contribution in [2.45, 2.75) is 19.8 Å². The Balaban J connectivity index is 1.81. The molecule has 0 aliphatic carbocycles. The topological polar surface area (TPSA) is 99.8 Å². The Bertz CT molecular complexity index is 975. The summed E-state index contributed by atoms with van der Waals surface area (Å²) >= 11 is 1.55. The molecule has 0 spiro atoms. The van der Waals surface area contributed by atoms with Crippen molar-refractivity contribution in [1.29, 1.82) is 5.26 Å². The maximum Gasteiger partial charge on any atom is 0.172 e. The van der Waals surface area contributed by atoms with Gasteiger partial charge in [0.15, 0.2) is 5.82 Å². The van der Waals surface area contributed by atoms with Crippen molar-refractivity contribution >= 4 is 43.4 Å². The van der Waals surface area contributed by atoms with Crippen molar-refractivity contribution in [3.8, 4) is 6.07 Å². The number of anilines is 2. The van der Waals surface area contributed by atoms with Gasteiger partial charge in [0.25, 0.3) is 0 Å². The maximum absolute atomic E-state index is 9.51. The van der Waals surface area contributed by atoms with Crippen LogP contribution in [-0.2, 0) is 4.74 Å². The van der Waals surface area contributed by atoms with Crippen LogP contribution >= 0.6 is 11.3 Å². The Labute approximate surface area is 154 Å². The molecule has 0 atom stereocenters. The van der Waals surface area contributed by atoms with Crippen LogP contribution < -0.4 is 10.2 Å². The Morgan fingerprint density at radius 2 is 2.19 bits per heavy atom. The largest absolute Gasteiger partial charge is 0.378 e. The molecule has 1 aliphatic rings. The highest BCUT2D eigenvalue weighted by molar-refractivity contribution is 7.25. The standard InChI is InChI=1S/C17H19N7OS/c1-2-3-4-19-15-11(10-18)9-12-13-14(26-17(12)20-15)16(22-23-21-13)24-5-7-25-8-6-24/h9H,2-8H2,1H3,(H,19,20). The second-order valence-corrected chi connectivity index (χ2v) is 7.12. The van der Waals surface area contributed by atoms with E-state index in [9.17, 15) is 5.26 Å². The van der Waals surface area contributed by atoms with Crippen LogP contribution in [-0.4, -0.2) is 53.2 Å². The lowest BCUT2D eigenvalue weighted by molar-refractivity contribution is 0.122. The number of unbranched alkanes of at least 4 members (excludes halogenated alkanes) is 1. The number of hydrogen-bond donors (Lipinski definition) is 1. The van der Waals surface area contributed by atoms with Crippen LogP contribution in [0.4, 0.5) is 11.6 Å². The van der Waals surface area contributed by atoms with E-state index >= 15 is 0 Å². The predicted octanol–water partition coefficient (Wildman–Crippen LogP) is 2.55. The van der Waals surface area contributed by atoms with Crippen molar-refractivity contribution in [2.75, 3.05) is 43.1 Å². The Hall–Kier alpha value is -2.57. The Morgan fingerprint density at radius 3 is 2.96 bits per heavy atom. The number of pyridine rings is 1. The van der Waals surface area contributed by atoms with Gasteiger partial charge in [-0.3, -0.25) is 0 Å². The van der Waals surface area contributed by atoms with Gasteiger partial charge in [-0.05, 0) is 17.7 Å². The lowest BCUT2D eigenvalue weighted by Gasteiger charge is -2.27. The van der Waals surface area contributed by atoms with Gasteiger partial charge >= 0.3 is 0 Å².